The van der Waals surface area contributed by atoms with Crippen molar-refractivity contribution in [3.05, 3.63) is 34.4 Å². The van der Waals surface area contributed by atoms with Gasteiger partial charge in [0.25, 0.3) is 5.69 Å². The fourth-order valence-corrected chi connectivity index (χ4v) is 2.02. The number of hydrogen-bond acceptors (Lipinski definition) is 5. The summed E-state index contributed by atoms with van der Waals surface area (Å²) in [4.78, 5) is 19.4. The van der Waals surface area contributed by atoms with Crippen molar-refractivity contribution in [3.63, 3.8) is 0 Å². The molecule has 0 aromatic heterocycles. The van der Waals surface area contributed by atoms with Crippen molar-refractivity contribution in [1.29, 1.82) is 0 Å². The maximum absolute atomic E-state index is 11.7. The lowest BCUT2D eigenvalue weighted by Gasteiger charge is -2.19. The predicted molar refractivity (Wildman–Crippen MR) is 73.6 cm³/mol. The van der Waals surface area contributed by atoms with Crippen molar-refractivity contribution < 1.29 is 23.4 Å². The summed E-state index contributed by atoms with van der Waals surface area (Å²) in [5, 5.41) is 10.5. The average molecular weight is 303 g/mol. The van der Waals surface area contributed by atoms with Crippen molar-refractivity contribution in [2.24, 2.45) is 5.41 Å². The number of nitrogens with zero attached hydrogens (tertiary/aromatic N) is 1. The molecule has 0 amide bonds. The fraction of sp³-hybridized carbons (Fsp3) is 0.500. The van der Waals surface area contributed by atoms with E-state index in [1.807, 2.05) is 20.8 Å². The number of rotatable bonds is 6. The van der Waals surface area contributed by atoms with E-state index in [1.54, 1.807) is 0 Å². The standard InChI is InChI=1S/C12H18NO6P/c1-12(2,3)8-9-18-20(16,17)19-11-6-4-10(5-7-11)13(14)15/h4-7H,8-9H2,1-3H3,(H,16,17). The molecule has 0 bridgehead atoms. The topological polar surface area (TPSA) is 98.9 Å². The number of benzene rings is 1. The van der Waals surface area contributed by atoms with Crippen LogP contribution >= 0.6 is 7.82 Å². The Labute approximate surface area is 117 Å². The van der Waals surface area contributed by atoms with Crippen LogP contribution in [0.15, 0.2) is 24.3 Å². The van der Waals surface area contributed by atoms with Crippen LogP contribution in [-0.2, 0) is 9.09 Å². The van der Waals surface area contributed by atoms with E-state index in [-0.39, 0.29) is 23.5 Å². The van der Waals surface area contributed by atoms with Crippen LogP contribution in [0.3, 0.4) is 0 Å². The molecule has 1 aromatic carbocycles. The molecule has 7 nitrogen and oxygen atoms in total. The number of nitro benzene ring substituents is 1. The molecule has 0 spiro atoms. The maximum Gasteiger partial charge on any atom is 0.527 e. The molecule has 1 N–H and O–H groups in total. The third-order valence-corrected chi connectivity index (χ3v) is 3.33. The Morgan fingerprint density at radius 2 is 1.85 bits per heavy atom. The smallest absolute Gasteiger partial charge is 0.404 e. The van der Waals surface area contributed by atoms with Gasteiger partial charge in [0.05, 0.1) is 11.5 Å². The van der Waals surface area contributed by atoms with Gasteiger partial charge in [-0.25, -0.2) is 4.57 Å². The fourth-order valence-electron chi connectivity index (χ4n) is 1.26. The summed E-state index contributed by atoms with van der Waals surface area (Å²) in [6, 6.07) is 4.86. The minimum atomic E-state index is -4.21. The van der Waals surface area contributed by atoms with Crippen LogP contribution in [0.25, 0.3) is 0 Å². The van der Waals surface area contributed by atoms with Gasteiger partial charge in [0.15, 0.2) is 0 Å². The molecule has 112 valence electrons. The summed E-state index contributed by atoms with van der Waals surface area (Å²) in [5.41, 5.74) is -0.147. The SMILES string of the molecule is CC(C)(C)CCOP(=O)(O)Oc1ccc([N+](=O)[O-])cc1. The van der Waals surface area contributed by atoms with Crippen LogP contribution in [0, 0.1) is 15.5 Å². The highest BCUT2D eigenvalue weighted by Crippen LogP contribution is 2.44. The first-order valence-electron chi connectivity index (χ1n) is 6.00. The van der Waals surface area contributed by atoms with E-state index < -0.39 is 12.7 Å². The average Bonchev–Trinajstić information content (AvgIpc) is 2.26. The molecule has 0 fully saturated rings. The molecule has 0 saturated carbocycles. The minimum absolute atomic E-state index is 0.0205. The largest absolute Gasteiger partial charge is 0.527 e. The van der Waals surface area contributed by atoms with Gasteiger partial charge in [0, 0.05) is 12.1 Å². The first-order chi connectivity index (χ1) is 9.09. The molecule has 0 aliphatic carbocycles. The van der Waals surface area contributed by atoms with Gasteiger partial charge in [-0.15, -0.1) is 0 Å². The van der Waals surface area contributed by atoms with E-state index in [2.05, 4.69) is 0 Å². The minimum Gasteiger partial charge on any atom is -0.404 e. The zero-order valence-electron chi connectivity index (χ0n) is 11.6. The molecular formula is C12H18NO6P. The van der Waals surface area contributed by atoms with Crippen molar-refractivity contribution in [1.82, 2.24) is 0 Å². The number of phosphoric acid groups is 1. The highest BCUT2D eigenvalue weighted by Gasteiger charge is 2.24. The molecule has 0 heterocycles. The molecule has 0 aliphatic rings. The molecule has 1 aromatic rings. The van der Waals surface area contributed by atoms with Gasteiger partial charge in [-0.3, -0.25) is 19.5 Å². The maximum atomic E-state index is 11.7. The van der Waals surface area contributed by atoms with Crippen LogP contribution in [0.2, 0.25) is 0 Å². The predicted octanol–water partition coefficient (Wildman–Crippen LogP) is 3.53. The van der Waals surface area contributed by atoms with E-state index in [0.717, 1.165) is 0 Å². The Bertz CT molecular complexity index is 508. The highest BCUT2D eigenvalue weighted by molar-refractivity contribution is 7.47. The zero-order valence-corrected chi connectivity index (χ0v) is 12.5. The Morgan fingerprint density at radius 1 is 1.30 bits per heavy atom. The van der Waals surface area contributed by atoms with Gasteiger partial charge in [-0.2, -0.15) is 0 Å². The van der Waals surface area contributed by atoms with Crippen molar-refractivity contribution in [3.8, 4) is 5.75 Å². The van der Waals surface area contributed by atoms with E-state index in [4.69, 9.17) is 9.05 Å². The molecule has 0 saturated heterocycles. The molecule has 1 rings (SSSR count). The van der Waals surface area contributed by atoms with E-state index in [0.29, 0.717) is 6.42 Å². The van der Waals surface area contributed by atoms with Crippen LogP contribution in [-0.4, -0.2) is 16.4 Å². The summed E-state index contributed by atoms with van der Waals surface area (Å²) in [6.45, 7) is 6.03. The van der Waals surface area contributed by atoms with Crippen molar-refractivity contribution in [2.75, 3.05) is 6.61 Å². The molecule has 1 unspecified atom stereocenters. The lowest BCUT2D eigenvalue weighted by molar-refractivity contribution is -0.384. The highest BCUT2D eigenvalue weighted by atomic mass is 31.2. The van der Waals surface area contributed by atoms with Gasteiger partial charge in [-0.1, -0.05) is 20.8 Å². The summed E-state index contributed by atoms with van der Waals surface area (Å²) in [6.07, 6.45) is 0.598. The number of hydrogen-bond donors (Lipinski definition) is 1. The van der Waals surface area contributed by atoms with Gasteiger partial charge in [-0.05, 0) is 24.0 Å². The first kappa shape index (κ1) is 16.6. The Balaban J connectivity index is 2.57. The molecule has 0 radical (unpaired) electrons. The Kier molecular flexibility index (Phi) is 5.28. The molecule has 20 heavy (non-hydrogen) atoms. The Hall–Kier alpha value is -1.43. The summed E-state index contributed by atoms with van der Waals surface area (Å²) in [7, 11) is -4.21. The normalized spacial score (nSPS) is 14.6. The number of non-ortho nitro benzene ring substituents is 1. The quantitative estimate of drug-likeness (QED) is 0.490. The van der Waals surface area contributed by atoms with E-state index >= 15 is 0 Å². The summed E-state index contributed by atoms with van der Waals surface area (Å²) < 4.78 is 21.3. The third-order valence-electron chi connectivity index (χ3n) is 2.37. The molecule has 0 aliphatic heterocycles. The number of nitro groups is 1. The Morgan fingerprint density at radius 3 is 2.30 bits per heavy atom. The second-order valence-electron chi connectivity index (χ2n) is 5.45. The van der Waals surface area contributed by atoms with Crippen molar-refractivity contribution in [2.45, 2.75) is 27.2 Å². The molecular weight excluding hydrogens is 285 g/mol. The van der Waals surface area contributed by atoms with Crippen LogP contribution in [0.4, 0.5) is 5.69 Å². The van der Waals surface area contributed by atoms with Gasteiger partial charge in [0.1, 0.15) is 5.75 Å². The van der Waals surface area contributed by atoms with E-state index in [9.17, 15) is 19.6 Å². The van der Waals surface area contributed by atoms with Gasteiger partial charge >= 0.3 is 7.82 Å². The zero-order chi connectivity index (χ0) is 15.4. The van der Waals surface area contributed by atoms with Crippen LogP contribution in [0.1, 0.15) is 27.2 Å². The third kappa shape index (κ3) is 6.14. The first-order valence-corrected chi connectivity index (χ1v) is 7.50. The summed E-state index contributed by atoms with van der Waals surface area (Å²) in [5.74, 6) is 0.0391. The van der Waals surface area contributed by atoms with Gasteiger partial charge < -0.3 is 4.52 Å². The van der Waals surface area contributed by atoms with Crippen LogP contribution in [0.5, 0.6) is 5.75 Å². The second-order valence-corrected chi connectivity index (χ2v) is 6.83. The van der Waals surface area contributed by atoms with E-state index in [1.165, 1.54) is 24.3 Å². The monoisotopic (exact) mass is 303 g/mol. The summed E-state index contributed by atoms with van der Waals surface area (Å²) >= 11 is 0. The van der Waals surface area contributed by atoms with Gasteiger partial charge in [0.2, 0.25) is 0 Å². The molecule has 8 heteroatoms. The lowest BCUT2D eigenvalue weighted by Crippen LogP contribution is -2.09. The second kappa shape index (κ2) is 6.35. The molecule has 1 atom stereocenters. The lowest BCUT2D eigenvalue weighted by atomic mass is 9.93. The van der Waals surface area contributed by atoms with Crippen molar-refractivity contribution >= 4 is 13.5 Å². The van der Waals surface area contributed by atoms with Crippen LogP contribution < -0.4 is 4.52 Å². The number of phosphoric ester groups is 1.